The maximum atomic E-state index is 13.0. The maximum absolute atomic E-state index is 13.0. The molecule has 6 nitrogen and oxygen atoms in total. The van der Waals surface area contributed by atoms with Gasteiger partial charge in [0, 0.05) is 30.6 Å². The summed E-state index contributed by atoms with van der Waals surface area (Å²) in [4.78, 5) is 4.51. The van der Waals surface area contributed by atoms with Gasteiger partial charge in [0.05, 0.1) is 22.5 Å². The zero-order valence-corrected chi connectivity index (χ0v) is 19.7. The molecular formula is C25H26F2N4O2S. The van der Waals surface area contributed by atoms with Gasteiger partial charge >= 0.3 is 0 Å². The minimum Gasteiger partial charge on any atom is -0.338 e. The minimum atomic E-state index is -3.70. The van der Waals surface area contributed by atoms with Gasteiger partial charge in [-0.2, -0.15) is 5.26 Å². The molecule has 2 aliphatic carbocycles. The van der Waals surface area contributed by atoms with Crippen LogP contribution in [0, 0.1) is 23.2 Å². The molecule has 178 valence electrons. The number of rotatable bonds is 9. The van der Waals surface area contributed by atoms with E-state index < -0.39 is 16.4 Å². The Morgan fingerprint density at radius 3 is 2.56 bits per heavy atom. The van der Waals surface area contributed by atoms with E-state index in [1.165, 1.54) is 12.3 Å². The predicted molar refractivity (Wildman–Crippen MR) is 125 cm³/mol. The molecule has 0 bridgehead atoms. The van der Waals surface area contributed by atoms with Crippen molar-refractivity contribution < 1.29 is 17.2 Å². The molecule has 0 radical (unpaired) electrons. The normalized spacial score (nSPS) is 17.3. The van der Waals surface area contributed by atoms with E-state index in [4.69, 9.17) is 0 Å². The van der Waals surface area contributed by atoms with Crippen molar-refractivity contribution in [2.75, 3.05) is 0 Å². The number of nitrogens with one attached hydrogen (secondary N) is 1. The summed E-state index contributed by atoms with van der Waals surface area (Å²) in [5.41, 5.74) is 2.75. The Kier molecular flexibility index (Phi) is 5.90. The van der Waals surface area contributed by atoms with Crippen LogP contribution < -0.4 is 4.72 Å². The van der Waals surface area contributed by atoms with E-state index in [1.807, 2.05) is 11.5 Å². The molecule has 0 aliphatic heterocycles. The first-order valence-electron chi connectivity index (χ1n) is 11.6. The summed E-state index contributed by atoms with van der Waals surface area (Å²) in [6, 6.07) is 10.4. The highest BCUT2D eigenvalue weighted by Crippen LogP contribution is 2.39. The lowest BCUT2D eigenvalue weighted by atomic mass is 10.1. The van der Waals surface area contributed by atoms with Crippen molar-refractivity contribution in [1.82, 2.24) is 14.3 Å². The van der Waals surface area contributed by atoms with E-state index in [2.05, 4.69) is 15.8 Å². The lowest BCUT2D eigenvalue weighted by molar-refractivity contribution is 0.149. The number of pyridine rings is 1. The molecule has 2 aliphatic rings. The van der Waals surface area contributed by atoms with Crippen molar-refractivity contribution in [3.05, 3.63) is 47.7 Å². The van der Waals surface area contributed by atoms with Crippen LogP contribution in [0.4, 0.5) is 8.78 Å². The molecule has 2 heterocycles. The number of fused-ring (bicyclic) bond motifs is 1. The molecule has 0 spiro atoms. The predicted octanol–water partition coefficient (Wildman–Crippen LogP) is 4.87. The van der Waals surface area contributed by atoms with E-state index in [0.29, 0.717) is 46.3 Å². The van der Waals surface area contributed by atoms with Gasteiger partial charge in [-0.15, -0.1) is 0 Å². The van der Waals surface area contributed by atoms with Gasteiger partial charge in [-0.3, -0.25) is 4.98 Å². The standard InChI is InChI=1S/C25H26F2N4O2S/c1-15(18-5-6-18)30-34(32,33)19-7-9-22(29-13-19)25-21(12-28)20-8-4-17(11-24(26)27)10-23(20)31(25)14-16-2-3-16/h4,7-10,13,15-16,18,24,30H,2-3,5-6,11,14H2,1H3/t15-/m0/s1. The number of sulfonamides is 1. The van der Waals surface area contributed by atoms with Crippen LogP contribution in [0.2, 0.25) is 0 Å². The highest BCUT2D eigenvalue weighted by Gasteiger charge is 2.32. The lowest BCUT2D eigenvalue weighted by Gasteiger charge is -2.14. The molecule has 0 saturated heterocycles. The van der Waals surface area contributed by atoms with E-state index in [-0.39, 0.29) is 17.4 Å². The van der Waals surface area contributed by atoms with Gasteiger partial charge in [0.1, 0.15) is 11.0 Å². The van der Waals surface area contributed by atoms with Crippen molar-refractivity contribution in [3.63, 3.8) is 0 Å². The largest absolute Gasteiger partial charge is 0.338 e. The third-order valence-corrected chi connectivity index (χ3v) is 8.27. The van der Waals surface area contributed by atoms with Gasteiger partial charge in [0.15, 0.2) is 0 Å². The molecular weight excluding hydrogens is 458 g/mol. The van der Waals surface area contributed by atoms with Gasteiger partial charge < -0.3 is 4.57 Å². The minimum absolute atomic E-state index is 0.0753. The fourth-order valence-corrected chi connectivity index (χ4v) is 5.77. The van der Waals surface area contributed by atoms with Crippen LogP contribution in [0.15, 0.2) is 41.4 Å². The van der Waals surface area contributed by atoms with Gasteiger partial charge in [-0.05, 0) is 68.2 Å². The van der Waals surface area contributed by atoms with E-state index in [9.17, 15) is 22.5 Å². The number of alkyl halides is 2. The topological polar surface area (TPSA) is 87.8 Å². The van der Waals surface area contributed by atoms with E-state index in [0.717, 1.165) is 31.2 Å². The third-order valence-electron chi connectivity index (χ3n) is 6.73. The second kappa shape index (κ2) is 8.75. The molecule has 1 aromatic carbocycles. The molecule has 1 atom stereocenters. The molecule has 3 aromatic rings. The second-order valence-corrected chi connectivity index (χ2v) is 11.2. The molecule has 2 fully saturated rings. The molecule has 5 rings (SSSR count). The number of halogens is 2. The number of nitriles is 1. The van der Waals surface area contributed by atoms with Gasteiger partial charge in [0.25, 0.3) is 0 Å². The third kappa shape index (κ3) is 4.57. The smallest absolute Gasteiger partial charge is 0.242 e. The molecule has 34 heavy (non-hydrogen) atoms. The van der Waals surface area contributed by atoms with Crippen LogP contribution in [0.3, 0.4) is 0 Å². The van der Waals surface area contributed by atoms with E-state index >= 15 is 0 Å². The van der Waals surface area contributed by atoms with Gasteiger partial charge in [0.2, 0.25) is 16.4 Å². The summed E-state index contributed by atoms with van der Waals surface area (Å²) in [6.07, 6.45) is 2.73. The fraction of sp³-hybridized carbons (Fsp3) is 0.440. The van der Waals surface area contributed by atoms with Crippen molar-refractivity contribution in [2.24, 2.45) is 11.8 Å². The molecule has 9 heteroatoms. The SMILES string of the molecule is C[C@H](NS(=O)(=O)c1ccc(-c2c(C#N)c3ccc(CC(F)F)cc3n2CC2CC2)nc1)C1CC1. The van der Waals surface area contributed by atoms with Crippen molar-refractivity contribution in [3.8, 4) is 17.5 Å². The van der Waals surface area contributed by atoms with Gasteiger partial charge in [-0.25, -0.2) is 21.9 Å². The summed E-state index contributed by atoms with van der Waals surface area (Å²) < 4.78 is 56.2. The van der Waals surface area contributed by atoms with E-state index in [1.54, 1.807) is 24.3 Å². The first-order valence-corrected chi connectivity index (χ1v) is 13.1. The Bertz CT molecular complexity index is 1370. The van der Waals surface area contributed by atoms with Gasteiger partial charge in [-0.1, -0.05) is 12.1 Å². The Labute approximate surface area is 197 Å². The van der Waals surface area contributed by atoms with Crippen LogP contribution in [-0.2, 0) is 23.0 Å². The number of aromatic nitrogens is 2. The second-order valence-electron chi connectivity index (χ2n) is 9.46. The highest BCUT2D eigenvalue weighted by molar-refractivity contribution is 7.89. The Hall–Kier alpha value is -2.83. The summed E-state index contributed by atoms with van der Waals surface area (Å²) in [5.74, 6) is 0.848. The first-order chi connectivity index (χ1) is 16.3. The number of hydrogen-bond acceptors (Lipinski definition) is 4. The fourth-order valence-electron chi connectivity index (χ4n) is 4.51. The van der Waals surface area contributed by atoms with Crippen LogP contribution in [0.25, 0.3) is 22.3 Å². The highest BCUT2D eigenvalue weighted by atomic mass is 32.2. The molecule has 1 N–H and O–H groups in total. The summed E-state index contributed by atoms with van der Waals surface area (Å²) >= 11 is 0. The Balaban J connectivity index is 1.56. The monoisotopic (exact) mass is 484 g/mol. The van der Waals surface area contributed by atoms with Crippen molar-refractivity contribution in [1.29, 1.82) is 5.26 Å². The zero-order valence-electron chi connectivity index (χ0n) is 18.8. The molecule has 0 amide bonds. The van der Waals surface area contributed by atoms with Crippen LogP contribution in [-0.4, -0.2) is 30.4 Å². The Morgan fingerprint density at radius 1 is 1.21 bits per heavy atom. The van der Waals surface area contributed by atoms with Crippen LogP contribution in [0.5, 0.6) is 0 Å². The average Bonchev–Trinajstić information content (AvgIpc) is 3.71. The summed E-state index contributed by atoms with van der Waals surface area (Å²) in [7, 11) is -3.70. The zero-order chi connectivity index (χ0) is 24.0. The summed E-state index contributed by atoms with van der Waals surface area (Å²) in [6.45, 7) is 2.53. The van der Waals surface area contributed by atoms with Crippen LogP contribution in [0.1, 0.15) is 43.7 Å². The van der Waals surface area contributed by atoms with Crippen molar-refractivity contribution in [2.45, 2.75) is 62.9 Å². The average molecular weight is 485 g/mol. The molecule has 2 aromatic heterocycles. The summed E-state index contributed by atoms with van der Waals surface area (Å²) in [5, 5.41) is 10.7. The first kappa shape index (κ1) is 22.9. The lowest BCUT2D eigenvalue weighted by Crippen LogP contribution is -2.34. The molecule has 2 saturated carbocycles. The number of benzene rings is 1. The maximum Gasteiger partial charge on any atom is 0.242 e. The number of nitrogens with zero attached hydrogens (tertiary/aromatic N) is 3. The number of hydrogen-bond donors (Lipinski definition) is 1. The van der Waals surface area contributed by atoms with Crippen LogP contribution >= 0.6 is 0 Å². The van der Waals surface area contributed by atoms with Crippen molar-refractivity contribution >= 4 is 20.9 Å². The Morgan fingerprint density at radius 2 is 1.97 bits per heavy atom. The quantitative estimate of drug-likeness (QED) is 0.469. The molecule has 0 unspecified atom stereocenters.